The standard InChI is InChI=1S/C13H15N5O/c1-2-8-14-13(19)7-6-11-4-3-5-12(9-11)18-10-15-16-17-18/h3-7,9-10H,2,8H2,1H3,(H,14,19)/b7-6+. The van der Waals surface area contributed by atoms with E-state index in [0.717, 1.165) is 17.7 Å². The molecule has 0 fully saturated rings. The van der Waals surface area contributed by atoms with Gasteiger partial charge in [-0.3, -0.25) is 4.79 Å². The molecule has 0 saturated carbocycles. The van der Waals surface area contributed by atoms with E-state index in [1.807, 2.05) is 31.2 Å². The molecule has 0 atom stereocenters. The summed E-state index contributed by atoms with van der Waals surface area (Å²) in [6, 6.07) is 7.60. The lowest BCUT2D eigenvalue weighted by Crippen LogP contribution is -2.21. The molecule has 1 aromatic carbocycles. The van der Waals surface area contributed by atoms with Crippen LogP contribution in [0.2, 0.25) is 0 Å². The molecule has 98 valence electrons. The Labute approximate surface area is 111 Å². The van der Waals surface area contributed by atoms with Gasteiger partial charge in [-0.15, -0.1) is 5.10 Å². The van der Waals surface area contributed by atoms with E-state index in [2.05, 4.69) is 20.8 Å². The average Bonchev–Trinajstić information content (AvgIpc) is 2.97. The zero-order valence-corrected chi connectivity index (χ0v) is 10.7. The van der Waals surface area contributed by atoms with Crippen LogP contribution in [0.25, 0.3) is 11.8 Å². The minimum atomic E-state index is -0.0883. The van der Waals surface area contributed by atoms with Crippen molar-refractivity contribution in [2.24, 2.45) is 0 Å². The molecule has 0 aliphatic heterocycles. The lowest BCUT2D eigenvalue weighted by atomic mass is 10.2. The van der Waals surface area contributed by atoms with Crippen LogP contribution in [0, 0.1) is 0 Å². The number of nitrogens with one attached hydrogen (secondary N) is 1. The number of amides is 1. The lowest BCUT2D eigenvalue weighted by molar-refractivity contribution is -0.116. The maximum absolute atomic E-state index is 11.5. The number of benzene rings is 1. The molecule has 0 bridgehead atoms. The SMILES string of the molecule is CCCNC(=O)/C=C/c1cccc(-n2cnnn2)c1. The Bertz CT molecular complexity index is 562. The van der Waals surface area contributed by atoms with Crippen LogP contribution in [0.3, 0.4) is 0 Å². The molecule has 2 rings (SSSR count). The highest BCUT2D eigenvalue weighted by molar-refractivity contribution is 5.91. The first kappa shape index (κ1) is 12.9. The van der Waals surface area contributed by atoms with E-state index in [1.54, 1.807) is 10.8 Å². The molecule has 1 heterocycles. The molecule has 0 radical (unpaired) electrons. The van der Waals surface area contributed by atoms with Crippen molar-refractivity contribution in [3.05, 3.63) is 42.2 Å². The van der Waals surface area contributed by atoms with Crippen molar-refractivity contribution in [3.8, 4) is 5.69 Å². The fourth-order valence-corrected chi connectivity index (χ4v) is 1.53. The van der Waals surface area contributed by atoms with Gasteiger partial charge in [-0.1, -0.05) is 19.1 Å². The fourth-order valence-electron chi connectivity index (χ4n) is 1.53. The van der Waals surface area contributed by atoms with Gasteiger partial charge in [-0.2, -0.15) is 0 Å². The third kappa shape index (κ3) is 3.74. The summed E-state index contributed by atoms with van der Waals surface area (Å²) in [6.07, 6.45) is 5.73. The first-order chi connectivity index (χ1) is 9.29. The summed E-state index contributed by atoms with van der Waals surface area (Å²) in [5.41, 5.74) is 1.76. The molecule has 1 amide bonds. The van der Waals surface area contributed by atoms with E-state index >= 15 is 0 Å². The normalized spacial score (nSPS) is 10.8. The van der Waals surface area contributed by atoms with Gasteiger partial charge in [0, 0.05) is 12.6 Å². The molecule has 0 aliphatic rings. The number of hydrogen-bond donors (Lipinski definition) is 1. The van der Waals surface area contributed by atoms with Crippen LogP contribution < -0.4 is 5.32 Å². The van der Waals surface area contributed by atoms with Crippen molar-refractivity contribution < 1.29 is 4.79 Å². The van der Waals surface area contributed by atoms with Crippen LogP contribution in [0.15, 0.2) is 36.7 Å². The van der Waals surface area contributed by atoms with E-state index in [1.165, 1.54) is 12.4 Å². The summed E-state index contributed by atoms with van der Waals surface area (Å²) in [7, 11) is 0. The van der Waals surface area contributed by atoms with Crippen LogP contribution in [0.1, 0.15) is 18.9 Å². The van der Waals surface area contributed by atoms with E-state index in [4.69, 9.17) is 0 Å². The lowest BCUT2D eigenvalue weighted by Gasteiger charge is -2.01. The quantitative estimate of drug-likeness (QED) is 0.817. The monoisotopic (exact) mass is 257 g/mol. The van der Waals surface area contributed by atoms with Crippen molar-refractivity contribution in [1.82, 2.24) is 25.5 Å². The molecule has 0 aliphatic carbocycles. The molecule has 0 spiro atoms. The second-order valence-corrected chi connectivity index (χ2v) is 3.97. The molecular weight excluding hydrogens is 242 g/mol. The van der Waals surface area contributed by atoms with Gasteiger partial charge < -0.3 is 5.32 Å². The van der Waals surface area contributed by atoms with Crippen LogP contribution in [-0.2, 0) is 4.79 Å². The number of carbonyl (C=O) groups excluding carboxylic acids is 1. The van der Waals surface area contributed by atoms with Crippen molar-refractivity contribution in [2.75, 3.05) is 6.54 Å². The topological polar surface area (TPSA) is 72.7 Å². The van der Waals surface area contributed by atoms with Crippen molar-refractivity contribution in [2.45, 2.75) is 13.3 Å². The molecular formula is C13H15N5O. The summed E-state index contributed by atoms with van der Waals surface area (Å²) in [6.45, 7) is 2.70. The Balaban J connectivity index is 2.07. The number of rotatable bonds is 5. The molecule has 6 nitrogen and oxygen atoms in total. The maximum atomic E-state index is 11.5. The van der Waals surface area contributed by atoms with Gasteiger partial charge in [0.1, 0.15) is 6.33 Å². The zero-order valence-electron chi connectivity index (χ0n) is 10.7. The molecule has 1 N–H and O–H groups in total. The van der Waals surface area contributed by atoms with Crippen molar-refractivity contribution in [3.63, 3.8) is 0 Å². The Morgan fingerprint density at radius 2 is 2.37 bits per heavy atom. The van der Waals surface area contributed by atoms with Crippen LogP contribution in [-0.4, -0.2) is 32.7 Å². The van der Waals surface area contributed by atoms with Gasteiger partial charge in [0.2, 0.25) is 5.91 Å². The number of hydrogen-bond acceptors (Lipinski definition) is 4. The first-order valence-corrected chi connectivity index (χ1v) is 6.09. The Hall–Kier alpha value is -2.50. The molecule has 19 heavy (non-hydrogen) atoms. The summed E-state index contributed by atoms with van der Waals surface area (Å²) >= 11 is 0. The maximum Gasteiger partial charge on any atom is 0.243 e. The molecule has 2 aromatic rings. The van der Waals surface area contributed by atoms with Crippen LogP contribution in [0.5, 0.6) is 0 Å². The summed E-state index contributed by atoms with van der Waals surface area (Å²) in [5, 5.41) is 13.8. The Kier molecular flexibility index (Phi) is 4.39. The second-order valence-electron chi connectivity index (χ2n) is 3.97. The second kappa shape index (κ2) is 6.44. The number of nitrogens with zero attached hydrogens (tertiary/aromatic N) is 4. The van der Waals surface area contributed by atoms with Crippen LogP contribution >= 0.6 is 0 Å². The highest BCUT2D eigenvalue weighted by atomic mass is 16.1. The van der Waals surface area contributed by atoms with Gasteiger partial charge in [-0.25, -0.2) is 4.68 Å². The number of carbonyl (C=O) groups is 1. The Morgan fingerprint density at radius 3 is 3.11 bits per heavy atom. The van der Waals surface area contributed by atoms with Gasteiger partial charge in [0.05, 0.1) is 5.69 Å². The van der Waals surface area contributed by atoms with E-state index in [9.17, 15) is 4.79 Å². The minimum absolute atomic E-state index is 0.0883. The number of aromatic nitrogens is 4. The highest BCUT2D eigenvalue weighted by Crippen LogP contribution is 2.09. The summed E-state index contributed by atoms with van der Waals surface area (Å²) < 4.78 is 1.56. The van der Waals surface area contributed by atoms with Crippen molar-refractivity contribution in [1.29, 1.82) is 0 Å². The molecule has 1 aromatic heterocycles. The highest BCUT2D eigenvalue weighted by Gasteiger charge is 1.98. The molecule has 0 unspecified atom stereocenters. The third-order valence-corrected chi connectivity index (χ3v) is 2.46. The first-order valence-electron chi connectivity index (χ1n) is 6.09. The van der Waals surface area contributed by atoms with Gasteiger partial charge in [-0.05, 0) is 40.6 Å². The van der Waals surface area contributed by atoms with E-state index in [0.29, 0.717) is 6.54 Å². The predicted octanol–water partition coefficient (Wildman–Crippen LogP) is 1.20. The van der Waals surface area contributed by atoms with Crippen molar-refractivity contribution >= 4 is 12.0 Å². The molecule has 6 heteroatoms. The van der Waals surface area contributed by atoms with Gasteiger partial charge in [0.25, 0.3) is 0 Å². The average molecular weight is 257 g/mol. The van der Waals surface area contributed by atoms with Crippen LogP contribution in [0.4, 0.5) is 0 Å². The largest absolute Gasteiger partial charge is 0.353 e. The summed E-state index contributed by atoms with van der Waals surface area (Å²) in [5.74, 6) is -0.0883. The Morgan fingerprint density at radius 1 is 1.47 bits per heavy atom. The summed E-state index contributed by atoms with van der Waals surface area (Å²) in [4.78, 5) is 11.5. The predicted molar refractivity (Wildman–Crippen MR) is 71.5 cm³/mol. The minimum Gasteiger partial charge on any atom is -0.353 e. The van der Waals surface area contributed by atoms with E-state index < -0.39 is 0 Å². The van der Waals surface area contributed by atoms with Gasteiger partial charge >= 0.3 is 0 Å². The van der Waals surface area contributed by atoms with E-state index in [-0.39, 0.29) is 5.91 Å². The zero-order chi connectivity index (χ0) is 13.5. The third-order valence-electron chi connectivity index (χ3n) is 2.46. The number of tetrazole rings is 1. The smallest absolute Gasteiger partial charge is 0.243 e. The molecule has 0 saturated heterocycles. The van der Waals surface area contributed by atoms with Gasteiger partial charge in [0.15, 0.2) is 0 Å². The fraction of sp³-hybridized carbons (Fsp3) is 0.231.